The Balaban J connectivity index is -0.0000000183. The summed E-state index contributed by atoms with van der Waals surface area (Å²) in [4.78, 5) is 0. The predicted octanol–water partition coefficient (Wildman–Crippen LogP) is -15.1. The van der Waals surface area contributed by atoms with Crippen molar-refractivity contribution in [2.24, 2.45) is 0 Å². The van der Waals surface area contributed by atoms with Crippen LogP contribution in [0.2, 0.25) is 0 Å². The summed E-state index contributed by atoms with van der Waals surface area (Å²) in [5.41, 5.74) is 1.42. The predicted molar refractivity (Wildman–Crippen MR) is 47.2 cm³/mol. The van der Waals surface area contributed by atoms with Gasteiger partial charge in [0.05, 0.1) is 0 Å². The molecule has 8 heteroatoms. The fraction of sp³-hybridized carbons (Fsp3) is 0.143. The molecule has 0 bridgehead atoms. The van der Waals surface area contributed by atoms with Gasteiger partial charge in [-0.3, -0.25) is 0 Å². The summed E-state index contributed by atoms with van der Waals surface area (Å²) in [5.74, 6) is 0. The fourth-order valence-corrected chi connectivity index (χ4v) is 0.978. The van der Waals surface area contributed by atoms with Crippen LogP contribution >= 0.6 is 0 Å². The molecule has 0 amide bonds. The molecule has 0 aliphatic heterocycles. The first-order chi connectivity index (χ1) is 3.93. The molecule has 84 valence electrons. The molecule has 1 aromatic rings. The molecule has 0 atom stereocenters. The van der Waals surface area contributed by atoms with E-state index in [1.54, 1.807) is 0 Å². The van der Waals surface area contributed by atoms with Gasteiger partial charge in [0.25, 0.3) is 0 Å². The van der Waals surface area contributed by atoms with Crippen molar-refractivity contribution in [1.29, 1.82) is 0 Å². The van der Waals surface area contributed by atoms with Gasteiger partial charge in [-0.25, -0.2) is 0 Å². The monoisotopic (exact) mass is 370 g/mol. The maximum absolute atomic E-state index is 2.15. The summed E-state index contributed by atoms with van der Waals surface area (Å²) in [6.07, 6.45) is 0. The zero-order chi connectivity index (χ0) is 5.82. The second-order valence-electron chi connectivity index (χ2n) is 1.74. The Morgan fingerprint density at radius 1 is 0.800 bits per heavy atom. The quantitative estimate of drug-likeness (QED) is 0.430. The van der Waals surface area contributed by atoms with E-state index in [0.29, 0.717) is 0 Å². The maximum Gasteiger partial charge on any atom is 4.00 e. The minimum Gasteiger partial charge on any atom is -0.0149 e. The van der Waals surface area contributed by atoms with E-state index in [2.05, 4.69) is 24.3 Å². The Kier molecular flexibility index (Phi) is 86.3. The van der Waals surface area contributed by atoms with Crippen molar-refractivity contribution in [3.63, 3.8) is 0 Å². The summed E-state index contributed by atoms with van der Waals surface area (Å²) >= 11 is 1.98. The van der Waals surface area contributed by atoms with Crippen LogP contribution in [0.1, 0.15) is 5.56 Å². The first-order valence-corrected chi connectivity index (χ1v) is 3.76. The summed E-state index contributed by atoms with van der Waals surface area (Å²) in [6, 6.07) is 10.5. The third-order valence-electron chi connectivity index (χ3n) is 1.13. The van der Waals surface area contributed by atoms with Gasteiger partial charge in [-0.05, 0) is 11.0 Å². The average molecular weight is 373 g/mol. The number of hydrogen-bond acceptors (Lipinski definition) is 0. The zero-order valence-corrected chi connectivity index (χ0v) is 13.9. The molecule has 0 radical (unpaired) electrons. The molecule has 0 fully saturated rings. The third kappa shape index (κ3) is 22.1. The SMILES string of the molecule is [Cl-].[Cl-].[Cl-].[Cl-].[Cl-].[Mg+][CH2]c1ccccc1.[SiH4].[Ti+4]. The summed E-state index contributed by atoms with van der Waals surface area (Å²) in [5, 5.41) is 0. The second kappa shape index (κ2) is 29.9. The molecule has 0 aromatic heterocycles. The molecule has 0 heterocycles. The molecular formula is C7H11Cl5MgSiTi. The molecular weight excluding hydrogens is 362 g/mol. The van der Waals surface area contributed by atoms with Crippen molar-refractivity contribution < 1.29 is 83.8 Å². The van der Waals surface area contributed by atoms with E-state index in [1.807, 2.05) is 27.8 Å². The topological polar surface area (TPSA) is 0 Å². The van der Waals surface area contributed by atoms with Crippen molar-refractivity contribution in [1.82, 2.24) is 0 Å². The van der Waals surface area contributed by atoms with Gasteiger partial charge in [-0.15, -0.1) is 0 Å². The first-order valence-electron chi connectivity index (χ1n) is 2.76. The fourth-order valence-electron chi connectivity index (χ4n) is 0.645. The van der Waals surface area contributed by atoms with Crippen LogP contribution in [-0.4, -0.2) is 32.7 Å². The third-order valence-corrected chi connectivity index (χ3v) is 1.71. The van der Waals surface area contributed by atoms with Crippen LogP contribution in [0.25, 0.3) is 0 Å². The summed E-state index contributed by atoms with van der Waals surface area (Å²) in [6.45, 7) is 0. The van der Waals surface area contributed by atoms with E-state index in [9.17, 15) is 0 Å². The summed E-state index contributed by atoms with van der Waals surface area (Å²) in [7, 11) is 0. The number of rotatable bonds is 1. The van der Waals surface area contributed by atoms with E-state index >= 15 is 0 Å². The Morgan fingerprint density at radius 3 is 1.33 bits per heavy atom. The van der Waals surface area contributed by atoms with Gasteiger partial charge < -0.3 is 62.0 Å². The molecule has 0 N–H and O–H groups in total. The number of hydrogen-bond donors (Lipinski definition) is 0. The van der Waals surface area contributed by atoms with Crippen LogP contribution in [0.15, 0.2) is 30.3 Å². The molecule has 0 saturated carbocycles. The van der Waals surface area contributed by atoms with E-state index in [0.717, 1.165) is 0 Å². The van der Waals surface area contributed by atoms with Crippen LogP contribution in [0.4, 0.5) is 0 Å². The second-order valence-corrected chi connectivity index (χ2v) is 2.24. The van der Waals surface area contributed by atoms with Gasteiger partial charge in [0.1, 0.15) is 0 Å². The molecule has 1 aromatic carbocycles. The average Bonchev–Trinajstić information content (AvgIpc) is 1.90. The molecule has 0 spiro atoms. The largest absolute Gasteiger partial charge is 4.00 e. The molecule has 0 aliphatic rings. The van der Waals surface area contributed by atoms with E-state index in [1.165, 1.54) is 10.1 Å². The minimum absolute atomic E-state index is 0. The van der Waals surface area contributed by atoms with Crippen LogP contribution in [0, 0.1) is 0 Å². The van der Waals surface area contributed by atoms with Crippen LogP contribution in [0.3, 0.4) is 0 Å². The Labute approximate surface area is 155 Å². The van der Waals surface area contributed by atoms with Gasteiger partial charge in [0.2, 0.25) is 0 Å². The Bertz CT molecular complexity index is 169. The summed E-state index contributed by atoms with van der Waals surface area (Å²) < 4.78 is 1.17. The van der Waals surface area contributed by atoms with E-state index in [4.69, 9.17) is 0 Å². The molecule has 15 heavy (non-hydrogen) atoms. The van der Waals surface area contributed by atoms with E-state index < -0.39 is 0 Å². The van der Waals surface area contributed by atoms with Crippen LogP contribution in [0.5, 0.6) is 0 Å². The normalized spacial score (nSPS) is 4.93. The molecule has 1 rings (SSSR count). The Morgan fingerprint density at radius 2 is 1.13 bits per heavy atom. The van der Waals surface area contributed by atoms with Crippen molar-refractivity contribution in [3.05, 3.63) is 35.9 Å². The van der Waals surface area contributed by atoms with Crippen LogP contribution in [-0.2, 0) is 26.3 Å². The van der Waals surface area contributed by atoms with Crippen molar-refractivity contribution in [2.45, 2.75) is 4.55 Å². The molecule has 0 unspecified atom stereocenters. The molecule has 0 nitrogen and oxygen atoms in total. The molecule has 0 aliphatic carbocycles. The van der Waals surface area contributed by atoms with Gasteiger partial charge in [0, 0.05) is 0 Å². The standard InChI is InChI=1S/C7H7.5ClH.Mg.H4Si.Ti/c1-7-5-3-2-4-6-7;;;;;;;;/h2-6H,1H2;5*1H;;1H4;/q;;;;;;+1;;+4/p-5. The van der Waals surface area contributed by atoms with E-state index in [-0.39, 0.29) is 94.7 Å². The van der Waals surface area contributed by atoms with Gasteiger partial charge >= 0.3 is 83.9 Å². The van der Waals surface area contributed by atoms with Crippen molar-refractivity contribution in [2.75, 3.05) is 0 Å². The van der Waals surface area contributed by atoms with Crippen LogP contribution < -0.4 is 62.0 Å². The maximum atomic E-state index is 2.15. The zero-order valence-electron chi connectivity index (χ0n) is 7.19. The van der Waals surface area contributed by atoms with Gasteiger partial charge in [-0.1, -0.05) is 0 Å². The van der Waals surface area contributed by atoms with Gasteiger partial charge in [-0.2, -0.15) is 0 Å². The molecule has 0 saturated heterocycles. The number of benzene rings is 1. The smallest absolute Gasteiger partial charge is 0.0149 e. The van der Waals surface area contributed by atoms with Crippen molar-refractivity contribution in [3.8, 4) is 0 Å². The number of halogens is 5. The Hall–Kier alpha value is 2.37. The van der Waals surface area contributed by atoms with Crippen molar-refractivity contribution >= 4 is 32.7 Å². The van der Waals surface area contributed by atoms with Gasteiger partial charge in [0.15, 0.2) is 0 Å². The first kappa shape index (κ1) is 43.3. The minimum atomic E-state index is 0.